The van der Waals surface area contributed by atoms with Crippen molar-refractivity contribution < 1.29 is 14.7 Å². The van der Waals surface area contributed by atoms with Crippen molar-refractivity contribution in [2.75, 3.05) is 23.8 Å². The highest BCUT2D eigenvalue weighted by Gasteiger charge is 2.21. The first-order valence-corrected chi connectivity index (χ1v) is 9.33. The summed E-state index contributed by atoms with van der Waals surface area (Å²) in [5.41, 5.74) is 3.23. The van der Waals surface area contributed by atoms with Gasteiger partial charge in [-0.3, -0.25) is 9.59 Å². The van der Waals surface area contributed by atoms with Gasteiger partial charge in [0.25, 0.3) is 0 Å². The van der Waals surface area contributed by atoms with Gasteiger partial charge in [0.1, 0.15) is 0 Å². The quantitative estimate of drug-likeness (QED) is 0.541. The maximum Gasteiger partial charge on any atom is 0.313 e. The van der Waals surface area contributed by atoms with E-state index in [0.717, 1.165) is 16.9 Å². The number of hydrogen-bond acceptors (Lipinski definition) is 4. The third kappa shape index (κ3) is 5.92. The Hall–Kier alpha value is -3.64. The second-order valence-corrected chi connectivity index (χ2v) is 6.46. The monoisotopic (exact) mass is 389 g/mol. The Bertz CT molecular complexity index is 929. The zero-order valence-corrected chi connectivity index (χ0v) is 15.9. The standard InChI is InChI=1S/C23H23N3O3/c27-16-15-26(17-18-7-3-1-4-8-18)23(29)22(28)25-21-13-11-20(12-14-21)24-19-9-5-2-6-10-19/h1-14,24,27H,15-17H2,(H,25,28). The summed E-state index contributed by atoms with van der Waals surface area (Å²) in [6, 6.07) is 26.2. The van der Waals surface area contributed by atoms with E-state index >= 15 is 0 Å². The molecule has 0 aliphatic rings. The molecule has 3 rings (SSSR count). The Morgan fingerprint density at radius 1 is 0.759 bits per heavy atom. The van der Waals surface area contributed by atoms with E-state index in [4.69, 9.17) is 0 Å². The van der Waals surface area contributed by atoms with Gasteiger partial charge >= 0.3 is 11.8 Å². The number of rotatable bonds is 7. The number of aliphatic hydroxyl groups is 1. The van der Waals surface area contributed by atoms with Crippen molar-refractivity contribution in [3.05, 3.63) is 90.5 Å². The molecular weight excluding hydrogens is 366 g/mol. The van der Waals surface area contributed by atoms with Gasteiger partial charge < -0.3 is 20.6 Å². The Morgan fingerprint density at radius 3 is 1.93 bits per heavy atom. The van der Waals surface area contributed by atoms with Crippen LogP contribution in [0.4, 0.5) is 17.1 Å². The van der Waals surface area contributed by atoms with Crippen LogP contribution in [-0.4, -0.2) is 35.0 Å². The van der Waals surface area contributed by atoms with E-state index in [1.165, 1.54) is 4.90 Å². The van der Waals surface area contributed by atoms with E-state index in [1.54, 1.807) is 12.1 Å². The number of carbonyl (C=O) groups excluding carboxylic acids is 2. The van der Waals surface area contributed by atoms with Gasteiger partial charge in [-0.1, -0.05) is 48.5 Å². The molecule has 0 unspecified atom stereocenters. The maximum atomic E-state index is 12.5. The summed E-state index contributed by atoms with van der Waals surface area (Å²) in [4.78, 5) is 26.3. The third-order valence-electron chi connectivity index (χ3n) is 4.27. The van der Waals surface area contributed by atoms with Crippen LogP contribution in [0.15, 0.2) is 84.9 Å². The normalized spacial score (nSPS) is 10.2. The number of anilines is 3. The molecule has 0 atom stereocenters. The van der Waals surface area contributed by atoms with Gasteiger partial charge in [-0.05, 0) is 42.0 Å². The van der Waals surface area contributed by atoms with Crippen LogP contribution in [0.3, 0.4) is 0 Å². The molecule has 0 spiro atoms. The van der Waals surface area contributed by atoms with Crippen LogP contribution in [-0.2, 0) is 16.1 Å². The van der Waals surface area contributed by atoms with Crippen molar-refractivity contribution >= 4 is 28.9 Å². The van der Waals surface area contributed by atoms with Crippen molar-refractivity contribution in [2.24, 2.45) is 0 Å². The lowest BCUT2D eigenvalue weighted by Gasteiger charge is -2.21. The molecule has 0 radical (unpaired) electrons. The summed E-state index contributed by atoms with van der Waals surface area (Å²) in [5, 5.41) is 15.1. The number of aliphatic hydroxyl groups excluding tert-OH is 1. The molecule has 0 aromatic heterocycles. The van der Waals surface area contributed by atoms with E-state index in [2.05, 4.69) is 10.6 Å². The van der Waals surface area contributed by atoms with Crippen molar-refractivity contribution in [3.8, 4) is 0 Å². The molecule has 2 amide bonds. The fourth-order valence-corrected chi connectivity index (χ4v) is 2.83. The third-order valence-corrected chi connectivity index (χ3v) is 4.27. The molecule has 0 heterocycles. The highest BCUT2D eigenvalue weighted by Crippen LogP contribution is 2.18. The molecule has 0 bridgehead atoms. The smallest absolute Gasteiger partial charge is 0.313 e. The first-order valence-electron chi connectivity index (χ1n) is 9.33. The molecule has 3 N–H and O–H groups in total. The summed E-state index contributed by atoms with van der Waals surface area (Å²) in [7, 11) is 0. The maximum absolute atomic E-state index is 12.5. The zero-order valence-electron chi connectivity index (χ0n) is 15.9. The number of hydrogen-bond donors (Lipinski definition) is 3. The van der Waals surface area contributed by atoms with Crippen LogP contribution in [0.2, 0.25) is 0 Å². The minimum absolute atomic E-state index is 0.0844. The van der Waals surface area contributed by atoms with Gasteiger partial charge in [-0.2, -0.15) is 0 Å². The average molecular weight is 389 g/mol. The first-order chi connectivity index (χ1) is 14.2. The first kappa shape index (κ1) is 20.1. The van der Waals surface area contributed by atoms with Gasteiger partial charge in [0.2, 0.25) is 0 Å². The second kappa shape index (κ2) is 10.1. The Morgan fingerprint density at radius 2 is 1.31 bits per heavy atom. The van der Waals surface area contributed by atoms with E-state index in [0.29, 0.717) is 5.69 Å². The van der Waals surface area contributed by atoms with Crippen molar-refractivity contribution in [2.45, 2.75) is 6.54 Å². The highest BCUT2D eigenvalue weighted by atomic mass is 16.3. The van der Waals surface area contributed by atoms with Crippen LogP contribution in [0.5, 0.6) is 0 Å². The van der Waals surface area contributed by atoms with Crippen LogP contribution < -0.4 is 10.6 Å². The van der Waals surface area contributed by atoms with Crippen LogP contribution in [0.1, 0.15) is 5.56 Å². The lowest BCUT2D eigenvalue weighted by atomic mass is 10.2. The SMILES string of the molecule is O=C(Nc1ccc(Nc2ccccc2)cc1)C(=O)N(CCO)Cc1ccccc1. The molecule has 0 saturated heterocycles. The highest BCUT2D eigenvalue weighted by molar-refractivity contribution is 6.39. The number of para-hydroxylation sites is 1. The fraction of sp³-hybridized carbons (Fsp3) is 0.130. The van der Waals surface area contributed by atoms with Crippen LogP contribution in [0.25, 0.3) is 0 Å². The van der Waals surface area contributed by atoms with Crippen LogP contribution >= 0.6 is 0 Å². The van der Waals surface area contributed by atoms with Gasteiger partial charge in [-0.25, -0.2) is 0 Å². The number of nitrogens with zero attached hydrogens (tertiary/aromatic N) is 1. The van der Waals surface area contributed by atoms with E-state index in [9.17, 15) is 14.7 Å². The Labute approximate surface area is 169 Å². The Kier molecular flexibility index (Phi) is 6.97. The summed E-state index contributed by atoms with van der Waals surface area (Å²) < 4.78 is 0. The average Bonchev–Trinajstić information content (AvgIpc) is 2.76. The molecular formula is C23H23N3O3. The van der Waals surface area contributed by atoms with Gasteiger partial charge in [0, 0.05) is 30.2 Å². The van der Waals surface area contributed by atoms with E-state index < -0.39 is 11.8 Å². The lowest BCUT2D eigenvalue weighted by Crippen LogP contribution is -2.40. The number of benzene rings is 3. The van der Waals surface area contributed by atoms with Gasteiger partial charge in [0.15, 0.2) is 0 Å². The van der Waals surface area contributed by atoms with E-state index in [1.807, 2.05) is 72.8 Å². The molecule has 3 aromatic carbocycles. The Balaban J connectivity index is 1.61. The van der Waals surface area contributed by atoms with Gasteiger partial charge in [0.05, 0.1) is 6.61 Å². The molecule has 6 nitrogen and oxygen atoms in total. The van der Waals surface area contributed by atoms with Crippen LogP contribution in [0, 0.1) is 0 Å². The van der Waals surface area contributed by atoms with E-state index in [-0.39, 0.29) is 19.7 Å². The molecule has 0 saturated carbocycles. The predicted octanol–water partition coefficient (Wildman–Crippen LogP) is 3.39. The largest absolute Gasteiger partial charge is 0.395 e. The summed E-state index contributed by atoms with van der Waals surface area (Å²) >= 11 is 0. The molecule has 3 aromatic rings. The molecule has 0 aliphatic heterocycles. The zero-order chi connectivity index (χ0) is 20.5. The predicted molar refractivity (Wildman–Crippen MR) is 114 cm³/mol. The molecule has 29 heavy (non-hydrogen) atoms. The summed E-state index contributed by atoms with van der Waals surface area (Å²) in [5.74, 6) is -1.42. The minimum atomic E-state index is -0.738. The lowest BCUT2D eigenvalue weighted by molar-refractivity contribution is -0.143. The number of carbonyl (C=O) groups is 2. The summed E-state index contributed by atoms with van der Waals surface area (Å²) in [6.07, 6.45) is 0. The number of nitrogens with one attached hydrogen (secondary N) is 2. The number of amides is 2. The van der Waals surface area contributed by atoms with Gasteiger partial charge in [-0.15, -0.1) is 0 Å². The molecule has 0 aliphatic carbocycles. The molecule has 0 fully saturated rings. The molecule has 6 heteroatoms. The molecule has 148 valence electrons. The van der Waals surface area contributed by atoms with Crippen molar-refractivity contribution in [1.29, 1.82) is 0 Å². The van der Waals surface area contributed by atoms with Crippen molar-refractivity contribution in [3.63, 3.8) is 0 Å². The summed E-state index contributed by atoms with van der Waals surface area (Å²) in [6.45, 7) is 0.125. The topological polar surface area (TPSA) is 81.7 Å². The van der Waals surface area contributed by atoms with Crippen molar-refractivity contribution in [1.82, 2.24) is 4.90 Å². The minimum Gasteiger partial charge on any atom is -0.395 e. The fourth-order valence-electron chi connectivity index (χ4n) is 2.83. The second-order valence-electron chi connectivity index (χ2n) is 6.46.